The van der Waals surface area contributed by atoms with Crippen LogP contribution in [0, 0.1) is 5.82 Å². The topological polar surface area (TPSA) is 84.2 Å². The predicted molar refractivity (Wildman–Crippen MR) is 78.1 cm³/mol. The maximum atomic E-state index is 13.1. The minimum absolute atomic E-state index is 0.0676. The normalized spacial score (nSPS) is 11.1. The first-order valence-electron chi connectivity index (χ1n) is 6.33. The third-order valence-electron chi connectivity index (χ3n) is 2.65. The molecule has 0 spiro atoms. The number of hydrogen-bond acceptors (Lipinski definition) is 3. The van der Waals surface area contributed by atoms with Gasteiger partial charge in [0.05, 0.1) is 18.7 Å². The van der Waals surface area contributed by atoms with Gasteiger partial charge in [0.15, 0.2) is 0 Å². The van der Waals surface area contributed by atoms with Gasteiger partial charge in [-0.25, -0.2) is 13.2 Å². The molecule has 4 N–H and O–H groups in total. The molecule has 22 heavy (non-hydrogen) atoms. The molecule has 0 aliphatic heterocycles. The van der Waals surface area contributed by atoms with Crippen molar-refractivity contribution in [1.29, 1.82) is 0 Å². The van der Waals surface area contributed by atoms with Crippen molar-refractivity contribution in [2.75, 3.05) is 19.6 Å². The van der Waals surface area contributed by atoms with E-state index in [2.05, 4.69) is 21.2 Å². The van der Waals surface area contributed by atoms with Crippen LogP contribution in [0.5, 0.6) is 0 Å². The summed E-state index contributed by atoms with van der Waals surface area (Å²) < 4.78 is 39.1. The van der Waals surface area contributed by atoms with E-state index in [1.54, 1.807) is 0 Å². The highest BCUT2D eigenvalue weighted by Gasteiger charge is 2.26. The molecule has 0 bridgehead atoms. The molecule has 1 aromatic carbocycles. The van der Waals surface area contributed by atoms with Gasteiger partial charge in [0.25, 0.3) is 11.8 Å². The number of alkyl halides is 2. The lowest BCUT2D eigenvalue weighted by molar-refractivity contribution is -0.122. The number of carbonyl (C=O) groups is 2. The van der Waals surface area contributed by atoms with Crippen LogP contribution >= 0.6 is 15.9 Å². The fraction of sp³-hybridized carbons (Fsp3) is 0.385. The highest BCUT2D eigenvalue weighted by molar-refractivity contribution is 9.10. The van der Waals surface area contributed by atoms with Crippen LogP contribution in [-0.2, 0) is 4.79 Å². The summed E-state index contributed by atoms with van der Waals surface area (Å²) in [5.74, 6) is -4.96. The van der Waals surface area contributed by atoms with Crippen molar-refractivity contribution in [3.05, 3.63) is 34.1 Å². The minimum atomic E-state index is -3.16. The molecule has 0 unspecified atom stereocenters. The summed E-state index contributed by atoms with van der Waals surface area (Å²) in [6, 6.07) is 3.61. The molecule has 5 nitrogen and oxygen atoms in total. The average Bonchev–Trinajstić information content (AvgIpc) is 2.47. The average molecular weight is 382 g/mol. The molecule has 122 valence electrons. The summed E-state index contributed by atoms with van der Waals surface area (Å²) in [4.78, 5) is 23.1. The Morgan fingerprint density at radius 3 is 2.59 bits per heavy atom. The zero-order chi connectivity index (χ0) is 16.8. The Labute approximate surface area is 133 Å². The third kappa shape index (κ3) is 6.02. The van der Waals surface area contributed by atoms with Crippen LogP contribution in [0.4, 0.5) is 13.2 Å². The van der Waals surface area contributed by atoms with Gasteiger partial charge in [-0.15, -0.1) is 0 Å². The van der Waals surface area contributed by atoms with Crippen LogP contribution in [0.1, 0.15) is 16.8 Å². The molecule has 1 rings (SSSR count). The second-order valence-corrected chi connectivity index (χ2v) is 5.32. The van der Waals surface area contributed by atoms with Gasteiger partial charge in [-0.05, 0) is 34.1 Å². The van der Waals surface area contributed by atoms with Gasteiger partial charge in [-0.2, -0.15) is 0 Å². The standard InChI is InChI=1S/C13H15BrF3N3O2/c14-10-2-1-8(15)5-9(10)12(22)19-4-3-11(21)20-7-13(16,17)6-18/h1-2,5H,3-4,6-7,18H2,(H,19,22)(H,20,21). The van der Waals surface area contributed by atoms with E-state index >= 15 is 0 Å². The monoisotopic (exact) mass is 381 g/mol. The van der Waals surface area contributed by atoms with Crippen LogP contribution in [0.15, 0.2) is 22.7 Å². The first-order chi connectivity index (χ1) is 10.2. The van der Waals surface area contributed by atoms with Crippen molar-refractivity contribution in [3.63, 3.8) is 0 Å². The zero-order valence-electron chi connectivity index (χ0n) is 11.5. The number of halogens is 4. The maximum Gasteiger partial charge on any atom is 0.277 e. The molecule has 0 aliphatic carbocycles. The summed E-state index contributed by atoms with van der Waals surface area (Å²) in [5, 5.41) is 4.42. The van der Waals surface area contributed by atoms with Gasteiger partial charge in [-0.1, -0.05) is 0 Å². The number of carbonyl (C=O) groups excluding carboxylic acids is 2. The van der Waals surface area contributed by atoms with Crippen LogP contribution in [0.25, 0.3) is 0 Å². The Kier molecular flexibility index (Phi) is 6.82. The van der Waals surface area contributed by atoms with E-state index in [1.165, 1.54) is 12.1 Å². The van der Waals surface area contributed by atoms with E-state index in [-0.39, 0.29) is 18.5 Å². The smallest absolute Gasteiger partial charge is 0.277 e. The van der Waals surface area contributed by atoms with E-state index in [4.69, 9.17) is 5.73 Å². The van der Waals surface area contributed by atoms with Crippen molar-refractivity contribution in [1.82, 2.24) is 10.6 Å². The van der Waals surface area contributed by atoms with Crippen LogP contribution in [-0.4, -0.2) is 37.4 Å². The van der Waals surface area contributed by atoms with Crippen molar-refractivity contribution in [3.8, 4) is 0 Å². The maximum absolute atomic E-state index is 13.1. The van der Waals surface area contributed by atoms with E-state index < -0.39 is 36.6 Å². The molecule has 0 radical (unpaired) electrons. The number of nitrogens with one attached hydrogen (secondary N) is 2. The Bertz CT molecular complexity index is 555. The Hall–Kier alpha value is -1.61. The van der Waals surface area contributed by atoms with Crippen molar-refractivity contribution in [2.45, 2.75) is 12.3 Å². The first kappa shape index (κ1) is 18.4. The summed E-state index contributed by atoms with van der Waals surface area (Å²) in [7, 11) is 0. The number of nitrogens with two attached hydrogens (primary N) is 1. The molecular formula is C13H15BrF3N3O2. The third-order valence-corrected chi connectivity index (χ3v) is 3.34. The molecule has 0 heterocycles. The Balaban J connectivity index is 2.39. The Morgan fingerprint density at radius 1 is 1.27 bits per heavy atom. The fourth-order valence-electron chi connectivity index (χ4n) is 1.44. The van der Waals surface area contributed by atoms with Gasteiger partial charge in [0.2, 0.25) is 5.91 Å². The summed E-state index contributed by atoms with van der Waals surface area (Å²) in [6.45, 7) is -1.79. The van der Waals surface area contributed by atoms with Crippen molar-refractivity contribution in [2.24, 2.45) is 5.73 Å². The van der Waals surface area contributed by atoms with Gasteiger partial charge < -0.3 is 16.4 Å². The van der Waals surface area contributed by atoms with Crippen LogP contribution < -0.4 is 16.4 Å². The highest BCUT2D eigenvalue weighted by atomic mass is 79.9. The Morgan fingerprint density at radius 2 is 1.95 bits per heavy atom. The summed E-state index contributed by atoms with van der Waals surface area (Å²) in [6.07, 6.45) is -0.181. The molecule has 9 heteroatoms. The largest absolute Gasteiger partial charge is 0.351 e. The molecule has 0 aliphatic rings. The SMILES string of the molecule is NCC(F)(F)CNC(=O)CCNC(=O)c1cc(F)ccc1Br. The molecular weight excluding hydrogens is 367 g/mol. The van der Waals surface area contributed by atoms with Gasteiger partial charge >= 0.3 is 0 Å². The van der Waals surface area contributed by atoms with Gasteiger partial charge in [0.1, 0.15) is 5.82 Å². The first-order valence-corrected chi connectivity index (χ1v) is 7.12. The second-order valence-electron chi connectivity index (χ2n) is 4.47. The lowest BCUT2D eigenvalue weighted by Crippen LogP contribution is -2.42. The van der Waals surface area contributed by atoms with Gasteiger partial charge in [-0.3, -0.25) is 9.59 Å². The number of benzene rings is 1. The van der Waals surface area contributed by atoms with E-state index in [0.29, 0.717) is 4.47 Å². The number of rotatable bonds is 7. The number of hydrogen-bond donors (Lipinski definition) is 3. The van der Waals surface area contributed by atoms with E-state index in [0.717, 1.165) is 6.07 Å². The second kappa shape index (κ2) is 8.14. The van der Waals surface area contributed by atoms with Crippen molar-refractivity contribution >= 4 is 27.7 Å². The molecule has 0 atom stereocenters. The molecule has 0 saturated heterocycles. The predicted octanol–water partition coefficient (Wildman–Crippen LogP) is 1.42. The van der Waals surface area contributed by atoms with Gasteiger partial charge in [0, 0.05) is 17.4 Å². The summed E-state index contributed by atoms with van der Waals surface area (Å²) in [5.41, 5.74) is 4.91. The quantitative estimate of drug-likeness (QED) is 0.667. The van der Waals surface area contributed by atoms with E-state index in [9.17, 15) is 22.8 Å². The number of amides is 2. The lowest BCUT2D eigenvalue weighted by atomic mass is 10.2. The molecule has 0 saturated carbocycles. The van der Waals surface area contributed by atoms with Crippen LogP contribution in [0.2, 0.25) is 0 Å². The molecule has 0 fully saturated rings. The summed E-state index contributed by atoms with van der Waals surface area (Å²) >= 11 is 3.10. The highest BCUT2D eigenvalue weighted by Crippen LogP contribution is 2.17. The zero-order valence-corrected chi connectivity index (χ0v) is 13.1. The van der Waals surface area contributed by atoms with E-state index in [1.807, 2.05) is 5.32 Å². The minimum Gasteiger partial charge on any atom is -0.351 e. The fourth-order valence-corrected chi connectivity index (χ4v) is 1.87. The van der Waals surface area contributed by atoms with Crippen LogP contribution in [0.3, 0.4) is 0 Å². The molecule has 0 aromatic heterocycles. The molecule has 1 aromatic rings. The lowest BCUT2D eigenvalue weighted by Gasteiger charge is -2.14. The van der Waals surface area contributed by atoms with Crippen molar-refractivity contribution < 1.29 is 22.8 Å². The molecule has 2 amide bonds.